The molecule has 26 heavy (non-hydrogen) atoms. The lowest BCUT2D eigenvalue weighted by molar-refractivity contribution is 0.142. The Morgan fingerprint density at radius 3 is 2.73 bits per heavy atom. The highest BCUT2D eigenvalue weighted by Gasteiger charge is 2.25. The molecule has 1 fully saturated rings. The number of aliphatic hydroxyl groups is 1. The summed E-state index contributed by atoms with van der Waals surface area (Å²) >= 11 is 0. The third-order valence-corrected chi connectivity index (χ3v) is 4.56. The molecule has 0 spiro atoms. The molecule has 3 aromatic heterocycles. The van der Waals surface area contributed by atoms with Gasteiger partial charge in [-0.3, -0.25) is 9.78 Å². The number of aliphatic hydroxyl groups excluding tert-OH is 1. The van der Waals surface area contributed by atoms with E-state index in [1.807, 2.05) is 30.9 Å². The molecule has 8 heteroatoms. The summed E-state index contributed by atoms with van der Waals surface area (Å²) in [5, 5.41) is 17.8. The predicted molar refractivity (Wildman–Crippen MR) is 95.0 cm³/mol. The standard InChI is InChI=1S/C18H19N5O3/c1-11-3-4-13(6-19-11)18-16(12(2)26-21-18)10-23-17(25)5-14(7-20-23)22-8-15(24)9-22/h3-7,15,24H,8-10H2,1-2H3. The highest BCUT2D eigenvalue weighted by atomic mass is 16.5. The van der Waals surface area contributed by atoms with Crippen LogP contribution in [0.25, 0.3) is 11.3 Å². The SMILES string of the molecule is Cc1ccc(-c2noc(C)c2Cn2ncc(N3CC(O)C3)cc2=O)cn1. The summed E-state index contributed by atoms with van der Waals surface area (Å²) < 4.78 is 6.72. The summed E-state index contributed by atoms with van der Waals surface area (Å²) in [7, 11) is 0. The normalized spacial score (nSPS) is 14.5. The molecule has 1 aliphatic rings. The highest BCUT2D eigenvalue weighted by Crippen LogP contribution is 2.25. The Labute approximate surface area is 149 Å². The van der Waals surface area contributed by atoms with E-state index in [4.69, 9.17) is 4.52 Å². The Hall–Kier alpha value is -3.00. The van der Waals surface area contributed by atoms with Crippen LogP contribution in [-0.4, -0.2) is 44.2 Å². The molecule has 1 saturated heterocycles. The molecule has 1 aliphatic heterocycles. The van der Waals surface area contributed by atoms with Crippen LogP contribution in [0.5, 0.6) is 0 Å². The fourth-order valence-electron chi connectivity index (χ4n) is 2.94. The molecule has 134 valence electrons. The van der Waals surface area contributed by atoms with Crippen LogP contribution in [0.15, 0.2) is 39.9 Å². The van der Waals surface area contributed by atoms with Gasteiger partial charge in [0.05, 0.1) is 24.5 Å². The second kappa shape index (κ2) is 6.38. The second-order valence-electron chi connectivity index (χ2n) is 6.52. The number of hydrogen-bond acceptors (Lipinski definition) is 7. The van der Waals surface area contributed by atoms with E-state index in [-0.39, 0.29) is 18.2 Å². The van der Waals surface area contributed by atoms with Crippen molar-refractivity contribution in [2.75, 3.05) is 18.0 Å². The van der Waals surface area contributed by atoms with Gasteiger partial charge in [-0.05, 0) is 26.0 Å². The van der Waals surface area contributed by atoms with Crippen LogP contribution >= 0.6 is 0 Å². The number of β-amino-alcohol motifs (C(OH)–C–C–N with tert-alkyl or cyclic N) is 1. The first-order valence-electron chi connectivity index (χ1n) is 8.39. The molecule has 0 bridgehead atoms. The molecule has 4 heterocycles. The molecule has 8 nitrogen and oxygen atoms in total. The third kappa shape index (κ3) is 2.99. The summed E-state index contributed by atoms with van der Waals surface area (Å²) in [4.78, 5) is 18.6. The molecule has 0 amide bonds. The van der Waals surface area contributed by atoms with E-state index >= 15 is 0 Å². The Bertz CT molecular complexity index is 987. The van der Waals surface area contributed by atoms with E-state index in [1.165, 1.54) is 10.7 Å². The van der Waals surface area contributed by atoms with Gasteiger partial charge in [0.2, 0.25) is 0 Å². The zero-order chi connectivity index (χ0) is 18.3. The van der Waals surface area contributed by atoms with Gasteiger partial charge in [0.1, 0.15) is 11.5 Å². The maximum Gasteiger partial charge on any atom is 0.269 e. The number of hydrogen-bond donors (Lipinski definition) is 1. The molecule has 0 radical (unpaired) electrons. The molecule has 0 atom stereocenters. The fourth-order valence-corrected chi connectivity index (χ4v) is 2.94. The summed E-state index contributed by atoms with van der Waals surface area (Å²) in [5.41, 5.74) is 3.73. The van der Waals surface area contributed by atoms with E-state index in [2.05, 4.69) is 15.2 Å². The number of aromatic nitrogens is 4. The van der Waals surface area contributed by atoms with Gasteiger partial charge in [0.25, 0.3) is 5.56 Å². The average molecular weight is 353 g/mol. The van der Waals surface area contributed by atoms with Gasteiger partial charge in [-0.15, -0.1) is 0 Å². The van der Waals surface area contributed by atoms with E-state index in [1.54, 1.807) is 12.4 Å². The van der Waals surface area contributed by atoms with Crippen molar-refractivity contribution in [3.63, 3.8) is 0 Å². The molecular formula is C18H19N5O3. The van der Waals surface area contributed by atoms with Crippen LogP contribution in [0.3, 0.4) is 0 Å². The first kappa shape index (κ1) is 16.5. The quantitative estimate of drug-likeness (QED) is 0.751. The molecule has 1 N–H and O–H groups in total. The van der Waals surface area contributed by atoms with E-state index in [9.17, 15) is 9.90 Å². The zero-order valence-electron chi connectivity index (χ0n) is 14.6. The van der Waals surface area contributed by atoms with Crippen LogP contribution < -0.4 is 10.5 Å². The zero-order valence-corrected chi connectivity index (χ0v) is 14.6. The van der Waals surface area contributed by atoms with Gasteiger partial charge in [-0.2, -0.15) is 5.10 Å². The van der Waals surface area contributed by atoms with Crippen molar-refractivity contribution in [1.29, 1.82) is 0 Å². The largest absolute Gasteiger partial charge is 0.389 e. The fraction of sp³-hybridized carbons (Fsp3) is 0.333. The average Bonchev–Trinajstić information content (AvgIpc) is 2.95. The van der Waals surface area contributed by atoms with Crippen molar-refractivity contribution in [2.24, 2.45) is 0 Å². The Kier molecular flexibility index (Phi) is 4.04. The smallest absolute Gasteiger partial charge is 0.269 e. The van der Waals surface area contributed by atoms with Crippen LogP contribution in [-0.2, 0) is 6.54 Å². The molecule has 0 aliphatic carbocycles. The molecular weight excluding hydrogens is 334 g/mol. The lowest BCUT2D eigenvalue weighted by Gasteiger charge is -2.37. The van der Waals surface area contributed by atoms with Crippen molar-refractivity contribution in [2.45, 2.75) is 26.5 Å². The van der Waals surface area contributed by atoms with Gasteiger partial charge < -0.3 is 14.5 Å². The third-order valence-electron chi connectivity index (χ3n) is 4.56. The van der Waals surface area contributed by atoms with Gasteiger partial charge in [0, 0.05) is 42.2 Å². The molecule has 3 aromatic rings. The first-order chi connectivity index (χ1) is 12.5. The number of pyridine rings is 1. The maximum atomic E-state index is 12.4. The Morgan fingerprint density at radius 1 is 1.27 bits per heavy atom. The molecule has 0 unspecified atom stereocenters. The van der Waals surface area contributed by atoms with Crippen molar-refractivity contribution in [3.8, 4) is 11.3 Å². The second-order valence-corrected chi connectivity index (χ2v) is 6.52. The summed E-state index contributed by atoms with van der Waals surface area (Å²) in [6.07, 6.45) is 3.05. The summed E-state index contributed by atoms with van der Waals surface area (Å²) in [5.74, 6) is 0.643. The predicted octanol–water partition coefficient (Wildman–Crippen LogP) is 1.14. The first-order valence-corrected chi connectivity index (χ1v) is 8.39. The molecule has 4 rings (SSSR count). The van der Waals surface area contributed by atoms with Gasteiger partial charge in [0.15, 0.2) is 0 Å². The van der Waals surface area contributed by atoms with Crippen molar-refractivity contribution >= 4 is 5.69 Å². The Morgan fingerprint density at radius 2 is 2.08 bits per heavy atom. The number of anilines is 1. The van der Waals surface area contributed by atoms with Crippen LogP contribution in [0.2, 0.25) is 0 Å². The number of nitrogens with zero attached hydrogens (tertiary/aromatic N) is 5. The van der Waals surface area contributed by atoms with Gasteiger partial charge in [-0.1, -0.05) is 5.16 Å². The van der Waals surface area contributed by atoms with Crippen LogP contribution in [0.1, 0.15) is 17.0 Å². The lowest BCUT2D eigenvalue weighted by atomic mass is 10.1. The Balaban J connectivity index is 1.63. The lowest BCUT2D eigenvalue weighted by Crippen LogP contribution is -2.51. The van der Waals surface area contributed by atoms with E-state index in [0.29, 0.717) is 24.5 Å². The number of rotatable bonds is 4. The molecule has 0 aromatic carbocycles. The van der Waals surface area contributed by atoms with Crippen LogP contribution in [0.4, 0.5) is 5.69 Å². The maximum absolute atomic E-state index is 12.4. The van der Waals surface area contributed by atoms with Gasteiger partial charge >= 0.3 is 0 Å². The van der Waals surface area contributed by atoms with Crippen molar-refractivity contribution < 1.29 is 9.63 Å². The van der Waals surface area contributed by atoms with E-state index < -0.39 is 0 Å². The van der Waals surface area contributed by atoms with Gasteiger partial charge in [-0.25, -0.2) is 4.68 Å². The summed E-state index contributed by atoms with van der Waals surface area (Å²) in [6.45, 7) is 5.05. The van der Waals surface area contributed by atoms with Crippen molar-refractivity contribution in [3.05, 3.63) is 58.0 Å². The van der Waals surface area contributed by atoms with Crippen LogP contribution in [0, 0.1) is 13.8 Å². The monoisotopic (exact) mass is 353 g/mol. The summed E-state index contributed by atoms with van der Waals surface area (Å²) in [6, 6.07) is 5.37. The minimum atomic E-state index is -0.331. The molecule has 0 saturated carbocycles. The number of aryl methyl sites for hydroxylation is 2. The minimum absolute atomic E-state index is 0.211. The topological polar surface area (TPSA) is 97.3 Å². The van der Waals surface area contributed by atoms with Crippen molar-refractivity contribution in [1.82, 2.24) is 19.9 Å². The van der Waals surface area contributed by atoms with E-state index in [0.717, 1.165) is 22.5 Å². The minimum Gasteiger partial charge on any atom is -0.389 e. The highest BCUT2D eigenvalue weighted by molar-refractivity contribution is 5.62.